The number of anilines is 1. The predicted molar refractivity (Wildman–Crippen MR) is 89.9 cm³/mol. The molecule has 0 bridgehead atoms. The highest BCUT2D eigenvalue weighted by Crippen LogP contribution is 2.23. The Labute approximate surface area is 148 Å². The van der Waals surface area contributed by atoms with Crippen molar-refractivity contribution in [2.24, 2.45) is 0 Å². The molecule has 132 valence electrons. The van der Waals surface area contributed by atoms with Crippen molar-refractivity contribution in [3.05, 3.63) is 52.8 Å². The Morgan fingerprint density at radius 1 is 1.08 bits per heavy atom. The van der Waals surface area contributed by atoms with Gasteiger partial charge in [-0.25, -0.2) is 9.18 Å². The van der Waals surface area contributed by atoms with Crippen molar-refractivity contribution in [2.75, 3.05) is 26.1 Å². The average molecular weight is 368 g/mol. The molecule has 8 heteroatoms. The third-order valence-corrected chi connectivity index (χ3v) is 3.41. The maximum absolute atomic E-state index is 13.1. The van der Waals surface area contributed by atoms with Crippen LogP contribution >= 0.6 is 11.6 Å². The minimum absolute atomic E-state index is 0.127. The Morgan fingerprint density at radius 3 is 2.28 bits per heavy atom. The van der Waals surface area contributed by atoms with Gasteiger partial charge in [-0.05, 0) is 30.3 Å². The minimum atomic E-state index is -0.718. The van der Waals surface area contributed by atoms with E-state index < -0.39 is 24.3 Å². The van der Waals surface area contributed by atoms with Crippen LogP contribution in [-0.2, 0) is 9.53 Å². The molecule has 0 aliphatic carbocycles. The summed E-state index contributed by atoms with van der Waals surface area (Å²) >= 11 is 5.63. The number of halogens is 2. The van der Waals surface area contributed by atoms with E-state index in [2.05, 4.69) is 5.32 Å². The molecule has 2 rings (SSSR count). The van der Waals surface area contributed by atoms with Crippen molar-refractivity contribution in [3.8, 4) is 11.5 Å². The average Bonchev–Trinajstić information content (AvgIpc) is 2.62. The standard InChI is InChI=1S/C17H15ClFNO5/c1-23-12-5-10(6-13(8-12)24-2)17(22)25-9-16(21)20-11-3-4-15(19)14(18)7-11/h3-8H,9H2,1-2H3,(H,20,21). The number of benzene rings is 2. The fraction of sp³-hybridized carbons (Fsp3) is 0.176. The zero-order chi connectivity index (χ0) is 18.4. The second kappa shape index (κ2) is 8.34. The summed E-state index contributed by atoms with van der Waals surface area (Å²) in [7, 11) is 2.90. The van der Waals surface area contributed by atoms with Crippen LogP contribution in [0.15, 0.2) is 36.4 Å². The normalized spacial score (nSPS) is 10.1. The van der Waals surface area contributed by atoms with E-state index in [1.54, 1.807) is 6.07 Å². The van der Waals surface area contributed by atoms with E-state index in [-0.39, 0.29) is 16.3 Å². The third kappa shape index (κ3) is 5.09. The number of nitrogens with one attached hydrogen (secondary N) is 1. The first-order valence-electron chi connectivity index (χ1n) is 7.08. The smallest absolute Gasteiger partial charge is 0.338 e. The molecule has 6 nitrogen and oxygen atoms in total. The largest absolute Gasteiger partial charge is 0.497 e. The fourth-order valence-electron chi connectivity index (χ4n) is 1.91. The summed E-state index contributed by atoms with van der Waals surface area (Å²) in [5, 5.41) is 2.32. The summed E-state index contributed by atoms with van der Waals surface area (Å²) in [4.78, 5) is 23.9. The number of hydrogen-bond donors (Lipinski definition) is 1. The lowest BCUT2D eigenvalue weighted by Gasteiger charge is -2.09. The van der Waals surface area contributed by atoms with Crippen LogP contribution in [0.5, 0.6) is 11.5 Å². The molecule has 0 aromatic heterocycles. The van der Waals surface area contributed by atoms with Gasteiger partial charge in [0, 0.05) is 11.8 Å². The van der Waals surface area contributed by atoms with Gasteiger partial charge in [0.15, 0.2) is 6.61 Å². The lowest BCUT2D eigenvalue weighted by Crippen LogP contribution is -2.21. The molecule has 0 heterocycles. The van der Waals surface area contributed by atoms with Crippen LogP contribution in [-0.4, -0.2) is 32.7 Å². The maximum Gasteiger partial charge on any atom is 0.338 e. The summed E-state index contributed by atoms with van der Waals surface area (Å²) in [6.45, 7) is -0.520. The van der Waals surface area contributed by atoms with E-state index in [1.165, 1.54) is 38.5 Å². The van der Waals surface area contributed by atoms with Gasteiger partial charge < -0.3 is 19.5 Å². The molecule has 0 radical (unpaired) electrons. The number of carbonyl (C=O) groups excluding carboxylic acids is 2. The molecule has 0 spiro atoms. The van der Waals surface area contributed by atoms with Gasteiger partial charge in [0.1, 0.15) is 17.3 Å². The zero-order valence-electron chi connectivity index (χ0n) is 13.5. The summed E-state index contributed by atoms with van der Waals surface area (Å²) in [6, 6.07) is 8.23. The molecular formula is C17H15ClFNO5. The molecular weight excluding hydrogens is 353 g/mol. The predicted octanol–water partition coefficient (Wildman–Crippen LogP) is 3.29. The first-order valence-corrected chi connectivity index (χ1v) is 7.46. The van der Waals surface area contributed by atoms with E-state index in [1.807, 2.05) is 0 Å². The van der Waals surface area contributed by atoms with Crippen molar-refractivity contribution in [3.63, 3.8) is 0 Å². The Hall–Kier alpha value is -2.80. The van der Waals surface area contributed by atoms with E-state index in [0.29, 0.717) is 11.5 Å². The maximum atomic E-state index is 13.1. The van der Waals surface area contributed by atoms with Crippen molar-refractivity contribution in [2.45, 2.75) is 0 Å². The van der Waals surface area contributed by atoms with Gasteiger partial charge in [-0.1, -0.05) is 11.6 Å². The second-order valence-corrected chi connectivity index (χ2v) is 5.26. The van der Waals surface area contributed by atoms with Crippen molar-refractivity contribution in [1.82, 2.24) is 0 Å². The van der Waals surface area contributed by atoms with Gasteiger partial charge >= 0.3 is 5.97 Å². The highest BCUT2D eigenvalue weighted by Gasteiger charge is 2.14. The van der Waals surface area contributed by atoms with Crippen LogP contribution in [0.3, 0.4) is 0 Å². The number of carbonyl (C=O) groups is 2. The van der Waals surface area contributed by atoms with Crippen molar-refractivity contribution in [1.29, 1.82) is 0 Å². The van der Waals surface area contributed by atoms with Crippen LogP contribution in [0.2, 0.25) is 5.02 Å². The van der Waals surface area contributed by atoms with Crippen LogP contribution in [0.4, 0.5) is 10.1 Å². The van der Waals surface area contributed by atoms with Crippen LogP contribution in [0.25, 0.3) is 0 Å². The first-order chi connectivity index (χ1) is 11.9. The molecule has 0 aliphatic rings. The number of hydrogen-bond acceptors (Lipinski definition) is 5. The number of rotatable bonds is 6. The van der Waals surface area contributed by atoms with Gasteiger partial charge in [0.05, 0.1) is 24.8 Å². The lowest BCUT2D eigenvalue weighted by atomic mass is 10.2. The van der Waals surface area contributed by atoms with Gasteiger partial charge in [0.25, 0.3) is 5.91 Å². The molecule has 0 fully saturated rings. The summed E-state index contributed by atoms with van der Waals surface area (Å²) in [5.41, 5.74) is 0.462. The fourth-order valence-corrected chi connectivity index (χ4v) is 2.09. The summed E-state index contributed by atoms with van der Waals surface area (Å²) < 4.78 is 28.1. The Morgan fingerprint density at radius 2 is 1.72 bits per heavy atom. The second-order valence-electron chi connectivity index (χ2n) is 4.85. The molecule has 2 aromatic carbocycles. The minimum Gasteiger partial charge on any atom is -0.497 e. The van der Waals surface area contributed by atoms with Crippen molar-refractivity contribution >= 4 is 29.2 Å². The first kappa shape index (κ1) is 18.5. The lowest BCUT2D eigenvalue weighted by molar-refractivity contribution is -0.119. The number of esters is 1. The van der Waals surface area contributed by atoms with Crippen molar-refractivity contribution < 1.29 is 28.2 Å². The Balaban J connectivity index is 1.97. The molecule has 1 amide bonds. The monoisotopic (exact) mass is 367 g/mol. The van der Waals surface area contributed by atoms with Gasteiger partial charge in [-0.2, -0.15) is 0 Å². The van der Waals surface area contributed by atoms with Crippen LogP contribution < -0.4 is 14.8 Å². The molecule has 2 aromatic rings. The number of ether oxygens (including phenoxy) is 3. The number of amides is 1. The quantitative estimate of drug-likeness (QED) is 0.793. The molecule has 1 N–H and O–H groups in total. The molecule has 0 unspecified atom stereocenters. The zero-order valence-corrected chi connectivity index (χ0v) is 14.2. The Bertz CT molecular complexity index is 774. The highest BCUT2D eigenvalue weighted by atomic mass is 35.5. The summed E-state index contributed by atoms with van der Waals surface area (Å²) in [5.74, 6) is -1.08. The third-order valence-electron chi connectivity index (χ3n) is 3.12. The molecule has 0 atom stereocenters. The SMILES string of the molecule is COc1cc(OC)cc(C(=O)OCC(=O)Nc2ccc(F)c(Cl)c2)c1. The van der Waals surface area contributed by atoms with Crippen LogP contribution in [0.1, 0.15) is 10.4 Å². The highest BCUT2D eigenvalue weighted by molar-refractivity contribution is 6.31. The van der Waals surface area contributed by atoms with E-state index in [4.69, 9.17) is 25.8 Å². The topological polar surface area (TPSA) is 73.9 Å². The summed E-state index contributed by atoms with van der Waals surface area (Å²) in [6.07, 6.45) is 0. The Kier molecular flexibility index (Phi) is 6.19. The molecule has 0 saturated carbocycles. The van der Waals surface area contributed by atoms with Gasteiger partial charge in [-0.15, -0.1) is 0 Å². The van der Waals surface area contributed by atoms with Crippen LogP contribution in [0, 0.1) is 5.82 Å². The molecule has 0 saturated heterocycles. The van der Waals surface area contributed by atoms with E-state index in [9.17, 15) is 14.0 Å². The van der Waals surface area contributed by atoms with Gasteiger partial charge in [-0.3, -0.25) is 4.79 Å². The van der Waals surface area contributed by atoms with E-state index in [0.717, 1.165) is 6.07 Å². The molecule has 0 aliphatic heterocycles. The van der Waals surface area contributed by atoms with Gasteiger partial charge in [0.2, 0.25) is 0 Å². The number of methoxy groups -OCH3 is 2. The van der Waals surface area contributed by atoms with E-state index >= 15 is 0 Å². The molecule has 25 heavy (non-hydrogen) atoms.